The van der Waals surface area contributed by atoms with Crippen LogP contribution < -0.4 is 0 Å². The molecule has 194 valence electrons. The van der Waals surface area contributed by atoms with Crippen molar-refractivity contribution in [2.45, 2.75) is 0 Å². The summed E-state index contributed by atoms with van der Waals surface area (Å²) in [4.78, 5) is 0. The SMILES string of the molecule is N#Cc1ccc(C#N)c(-n2c3ccccc3c3ccc(-c4cccc5c4c4ccccc4n5-c4ccccc4)cc32)c1. The van der Waals surface area contributed by atoms with Crippen LogP contribution in [0.2, 0.25) is 0 Å². The van der Waals surface area contributed by atoms with Crippen LogP contribution in [0.25, 0.3) is 66.1 Å². The molecule has 0 saturated carbocycles. The Hall–Kier alpha value is -6.10. The van der Waals surface area contributed by atoms with E-state index < -0.39 is 0 Å². The van der Waals surface area contributed by atoms with Crippen LogP contribution in [0.15, 0.2) is 133 Å². The van der Waals surface area contributed by atoms with E-state index in [4.69, 9.17) is 0 Å². The second-order valence-corrected chi connectivity index (χ2v) is 10.4. The summed E-state index contributed by atoms with van der Waals surface area (Å²) < 4.78 is 4.46. The summed E-state index contributed by atoms with van der Waals surface area (Å²) in [6.07, 6.45) is 0. The van der Waals surface area contributed by atoms with Crippen LogP contribution in [0.3, 0.4) is 0 Å². The highest BCUT2D eigenvalue weighted by molar-refractivity contribution is 6.17. The summed E-state index contributed by atoms with van der Waals surface area (Å²) in [5.41, 5.74) is 9.39. The summed E-state index contributed by atoms with van der Waals surface area (Å²) in [5, 5.41) is 24.3. The molecule has 8 aromatic rings. The van der Waals surface area contributed by atoms with E-state index in [9.17, 15) is 10.5 Å². The van der Waals surface area contributed by atoms with E-state index in [0.29, 0.717) is 16.8 Å². The van der Waals surface area contributed by atoms with Crippen molar-refractivity contribution in [3.05, 3.63) is 145 Å². The van der Waals surface area contributed by atoms with Crippen molar-refractivity contribution in [3.8, 4) is 34.6 Å². The van der Waals surface area contributed by atoms with Gasteiger partial charge >= 0.3 is 0 Å². The van der Waals surface area contributed by atoms with Gasteiger partial charge in [-0.15, -0.1) is 0 Å². The quantitative estimate of drug-likeness (QED) is 0.227. The van der Waals surface area contributed by atoms with Crippen molar-refractivity contribution >= 4 is 43.6 Å². The molecule has 0 aliphatic rings. The van der Waals surface area contributed by atoms with Gasteiger partial charge in [0.05, 0.1) is 45.0 Å². The third-order valence-corrected chi connectivity index (χ3v) is 8.19. The lowest BCUT2D eigenvalue weighted by Gasteiger charge is -2.12. The molecule has 0 amide bonds. The van der Waals surface area contributed by atoms with E-state index >= 15 is 0 Å². The standard InChI is InChI=1S/C38H22N4/c39-23-25-17-18-27(24-40)36(21-25)42-33-14-6-4-11-30(33)31-20-19-26(22-37(31)42)29-13-8-16-35-38(29)32-12-5-7-15-34(32)41(35)28-9-2-1-3-10-28/h1-22H. The molecule has 0 unspecified atom stereocenters. The first-order valence-corrected chi connectivity index (χ1v) is 13.8. The van der Waals surface area contributed by atoms with Gasteiger partial charge in [0.2, 0.25) is 0 Å². The average molecular weight is 535 g/mol. The van der Waals surface area contributed by atoms with Crippen LogP contribution in [0.4, 0.5) is 0 Å². The fraction of sp³-hybridized carbons (Fsp3) is 0. The molecule has 0 bridgehead atoms. The van der Waals surface area contributed by atoms with Crippen LogP contribution >= 0.6 is 0 Å². The lowest BCUT2D eigenvalue weighted by Crippen LogP contribution is -1.98. The zero-order valence-electron chi connectivity index (χ0n) is 22.5. The maximum Gasteiger partial charge on any atom is 0.101 e. The number of hydrogen-bond donors (Lipinski definition) is 0. The minimum atomic E-state index is 0.518. The molecule has 0 saturated heterocycles. The van der Waals surface area contributed by atoms with Crippen LogP contribution in [-0.4, -0.2) is 9.13 Å². The van der Waals surface area contributed by atoms with Crippen LogP contribution in [0.5, 0.6) is 0 Å². The van der Waals surface area contributed by atoms with E-state index in [0.717, 1.165) is 49.7 Å². The maximum atomic E-state index is 10.0. The number of fused-ring (bicyclic) bond motifs is 6. The predicted octanol–water partition coefficient (Wildman–Crippen LogP) is 9.29. The topological polar surface area (TPSA) is 57.4 Å². The summed E-state index contributed by atoms with van der Waals surface area (Å²) >= 11 is 0. The van der Waals surface area contributed by atoms with Gasteiger partial charge in [-0.25, -0.2) is 0 Å². The molecule has 0 spiro atoms. The van der Waals surface area contributed by atoms with E-state index in [-0.39, 0.29) is 0 Å². The Labute approximate surface area is 242 Å². The summed E-state index contributed by atoms with van der Waals surface area (Å²) in [7, 11) is 0. The molecule has 0 N–H and O–H groups in total. The van der Waals surface area contributed by atoms with Crippen LogP contribution in [0.1, 0.15) is 11.1 Å². The average Bonchev–Trinajstić information content (AvgIpc) is 3.57. The van der Waals surface area contributed by atoms with Gasteiger partial charge in [0.1, 0.15) is 6.07 Å². The zero-order valence-corrected chi connectivity index (χ0v) is 22.5. The minimum absolute atomic E-state index is 0.518. The van der Waals surface area contributed by atoms with Crippen molar-refractivity contribution in [1.29, 1.82) is 10.5 Å². The molecule has 2 heterocycles. The molecule has 0 radical (unpaired) electrons. The van der Waals surface area contributed by atoms with Crippen LogP contribution in [-0.2, 0) is 0 Å². The van der Waals surface area contributed by atoms with Gasteiger partial charge in [-0.1, -0.05) is 78.9 Å². The summed E-state index contributed by atoms with van der Waals surface area (Å²) in [5.74, 6) is 0. The fourth-order valence-corrected chi connectivity index (χ4v) is 6.39. The van der Waals surface area contributed by atoms with E-state index in [1.807, 2.05) is 24.3 Å². The van der Waals surface area contributed by atoms with Gasteiger partial charge < -0.3 is 9.13 Å². The van der Waals surface area contributed by atoms with Gasteiger partial charge in [0.15, 0.2) is 0 Å². The Bertz CT molecular complexity index is 2430. The molecular formula is C38H22N4. The molecule has 6 aromatic carbocycles. The molecule has 8 rings (SSSR count). The molecule has 0 fully saturated rings. The highest BCUT2D eigenvalue weighted by Gasteiger charge is 2.19. The molecular weight excluding hydrogens is 512 g/mol. The first kappa shape index (κ1) is 23.8. The second kappa shape index (κ2) is 9.24. The lowest BCUT2D eigenvalue weighted by molar-refractivity contribution is 1.16. The Morgan fingerprint density at radius 2 is 1.17 bits per heavy atom. The van der Waals surface area contributed by atoms with E-state index in [1.165, 1.54) is 10.8 Å². The predicted molar refractivity (Wildman–Crippen MR) is 170 cm³/mol. The molecule has 4 heteroatoms. The molecule has 4 nitrogen and oxygen atoms in total. The first-order valence-electron chi connectivity index (χ1n) is 13.8. The van der Waals surface area contributed by atoms with Crippen molar-refractivity contribution in [3.63, 3.8) is 0 Å². The number of benzene rings is 6. The lowest BCUT2D eigenvalue weighted by atomic mass is 9.98. The largest absolute Gasteiger partial charge is 0.309 e. The molecule has 0 aliphatic heterocycles. The fourth-order valence-electron chi connectivity index (χ4n) is 6.39. The highest BCUT2D eigenvalue weighted by Crippen LogP contribution is 2.41. The normalized spacial score (nSPS) is 11.3. The van der Waals surface area contributed by atoms with E-state index in [2.05, 4.69) is 118 Å². The molecule has 0 aliphatic carbocycles. The Kier molecular flexibility index (Phi) is 5.22. The Morgan fingerprint density at radius 3 is 1.95 bits per heavy atom. The third kappa shape index (κ3) is 3.40. The smallest absolute Gasteiger partial charge is 0.101 e. The molecule has 0 atom stereocenters. The van der Waals surface area contributed by atoms with Crippen molar-refractivity contribution < 1.29 is 0 Å². The van der Waals surface area contributed by atoms with Gasteiger partial charge in [0.25, 0.3) is 0 Å². The van der Waals surface area contributed by atoms with Gasteiger partial charge in [-0.3, -0.25) is 0 Å². The van der Waals surface area contributed by atoms with E-state index in [1.54, 1.807) is 12.1 Å². The van der Waals surface area contributed by atoms with Crippen molar-refractivity contribution in [1.82, 2.24) is 9.13 Å². The third-order valence-electron chi connectivity index (χ3n) is 8.19. The van der Waals surface area contributed by atoms with Gasteiger partial charge in [-0.05, 0) is 65.7 Å². The molecule has 2 aromatic heterocycles. The second-order valence-electron chi connectivity index (χ2n) is 10.4. The number of aromatic nitrogens is 2. The summed E-state index contributed by atoms with van der Waals surface area (Å²) in [6, 6.07) is 50.2. The number of nitrogens with zero attached hydrogens (tertiary/aromatic N) is 4. The number of hydrogen-bond acceptors (Lipinski definition) is 2. The highest BCUT2D eigenvalue weighted by atomic mass is 15.0. The Balaban J connectivity index is 1.47. The summed E-state index contributed by atoms with van der Waals surface area (Å²) in [6.45, 7) is 0. The molecule has 42 heavy (non-hydrogen) atoms. The number of nitriles is 2. The Morgan fingerprint density at radius 1 is 0.476 bits per heavy atom. The van der Waals surface area contributed by atoms with Gasteiger partial charge in [0, 0.05) is 27.2 Å². The van der Waals surface area contributed by atoms with Crippen molar-refractivity contribution in [2.75, 3.05) is 0 Å². The van der Waals surface area contributed by atoms with Crippen LogP contribution in [0, 0.1) is 22.7 Å². The zero-order chi connectivity index (χ0) is 28.2. The maximum absolute atomic E-state index is 10.0. The van der Waals surface area contributed by atoms with Gasteiger partial charge in [-0.2, -0.15) is 10.5 Å². The first-order chi connectivity index (χ1) is 20.8. The minimum Gasteiger partial charge on any atom is -0.309 e. The number of para-hydroxylation sites is 3. The van der Waals surface area contributed by atoms with Crippen molar-refractivity contribution in [2.24, 2.45) is 0 Å². The number of rotatable bonds is 3. The monoisotopic (exact) mass is 534 g/mol.